The van der Waals surface area contributed by atoms with Gasteiger partial charge in [0.15, 0.2) is 5.82 Å². The van der Waals surface area contributed by atoms with Crippen LogP contribution in [0, 0.1) is 0 Å². The number of allylic oxidation sites excluding steroid dienone is 3. The lowest BCUT2D eigenvalue weighted by Gasteiger charge is -2.41. The highest BCUT2D eigenvalue weighted by Gasteiger charge is 2.52. The number of ether oxygens (including phenoxy) is 1. The van der Waals surface area contributed by atoms with Crippen LogP contribution in [0.25, 0.3) is 78.0 Å². The van der Waals surface area contributed by atoms with Crippen LogP contribution in [0.2, 0.25) is 0 Å². The van der Waals surface area contributed by atoms with Crippen LogP contribution in [0.1, 0.15) is 29.5 Å². The predicted octanol–water partition coefficient (Wildman–Crippen LogP) is 13.2. The third-order valence-electron chi connectivity index (χ3n) is 12.2. The summed E-state index contributed by atoms with van der Waals surface area (Å²) in [4.78, 5) is 15.6. The number of aromatic nitrogens is 3. The summed E-state index contributed by atoms with van der Waals surface area (Å²) in [5.74, 6) is 2.59. The Hall–Kier alpha value is -7.43. The molecule has 1 aliphatic heterocycles. The smallest absolute Gasteiger partial charge is 0.160 e. The van der Waals surface area contributed by atoms with Gasteiger partial charge in [-0.25, -0.2) is 15.0 Å². The van der Waals surface area contributed by atoms with Crippen LogP contribution in [-0.4, -0.2) is 15.0 Å². The number of hydrogen-bond donors (Lipinski definition) is 0. The molecule has 3 heterocycles. The van der Waals surface area contributed by atoms with Gasteiger partial charge < -0.3 is 4.74 Å². The fourth-order valence-electron chi connectivity index (χ4n) is 9.68. The molecule has 7 aromatic carbocycles. The molecule has 12 rings (SSSR count). The van der Waals surface area contributed by atoms with E-state index in [4.69, 9.17) is 19.7 Å². The summed E-state index contributed by atoms with van der Waals surface area (Å²) in [7, 11) is 0. The van der Waals surface area contributed by atoms with Crippen molar-refractivity contribution in [3.63, 3.8) is 0 Å². The molecule has 4 heteroatoms. The van der Waals surface area contributed by atoms with Crippen LogP contribution in [-0.2, 0) is 5.41 Å². The summed E-state index contributed by atoms with van der Waals surface area (Å²) in [5.41, 5.74) is 15.0. The number of nitrogens with zero attached hydrogens (tertiary/aromatic N) is 3. The molecule has 0 saturated heterocycles. The van der Waals surface area contributed by atoms with E-state index in [1.807, 2.05) is 36.4 Å². The third-order valence-corrected chi connectivity index (χ3v) is 12.2. The van der Waals surface area contributed by atoms with E-state index in [-0.39, 0.29) is 0 Å². The van der Waals surface area contributed by atoms with Gasteiger partial charge in [-0.2, -0.15) is 0 Å². The lowest BCUT2D eigenvalue weighted by molar-refractivity contribution is 0.389. The molecule has 1 atom stereocenters. The average molecular weight is 742 g/mol. The monoisotopic (exact) mass is 741 g/mol. The van der Waals surface area contributed by atoms with Crippen LogP contribution < -0.4 is 4.74 Å². The topological polar surface area (TPSA) is 47.9 Å². The first-order valence-electron chi connectivity index (χ1n) is 20.0. The molecule has 4 nitrogen and oxygen atoms in total. The highest BCUT2D eigenvalue weighted by atomic mass is 16.5. The van der Waals surface area contributed by atoms with E-state index < -0.39 is 5.41 Å². The number of fused-ring (bicyclic) bond motifs is 11. The average Bonchev–Trinajstić information content (AvgIpc) is 3.58. The van der Waals surface area contributed by atoms with Crippen molar-refractivity contribution in [3.05, 3.63) is 216 Å². The molecule has 0 saturated carbocycles. The maximum absolute atomic E-state index is 6.67. The van der Waals surface area contributed by atoms with Gasteiger partial charge in [0.1, 0.15) is 11.5 Å². The Labute approximate surface area is 336 Å². The summed E-state index contributed by atoms with van der Waals surface area (Å²) in [6.45, 7) is 0. The van der Waals surface area contributed by atoms with E-state index in [1.54, 1.807) is 0 Å². The van der Waals surface area contributed by atoms with Crippen LogP contribution in [0.3, 0.4) is 0 Å². The quantitative estimate of drug-likeness (QED) is 0.169. The second-order valence-electron chi connectivity index (χ2n) is 15.4. The van der Waals surface area contributed by atoms with E-state index in [0.29, 0.717) is 5.82 Å². The Kier molecular flexibility index (Phi) is 7.24. The molecule has 2 aliphatic carbocycles. The molecule has 1 spiro atoms. The van der Waals surface area contributed by atoms with Gasteiger partial charge >= 0.3 is 0 Å². The standard InChI is InChI=1S/C54H35N3O/c1-3-15-34(16-4-1)48-33-49(57-53(56-48)37-17-5-2-6-18-37)35-27-29-36(30-28-35)52-42-32-46-41(31-40(42)39-20-8-12-24-47(39)55-52)38-19-7-9-21-43(38)54(46)44-22-10-13-25-50(44)58-51-26-14-11-23-45(51)54/h1-10,12-22,24-33H,11,23H2. The molecule has 272 valence electrons. The fourth-order valence-corrected chi connectivity index (χ4v) is 9.68. The Morgan fingerprint density at radius 3 is 1.93 bits per heavy atom. The summed E-state index contributed by atoms with van der Waals surface area (Å²) in [6.07, 6.45) is 6.33. The normalized spacial score (nSPS) is 16.2. The second-order valence-corrected chi connectivity index (χ2v) is 15.4. The summed E-state index contributed by atoms with van der Waals surface area (Å²) in [5, 5.41) is 3.48. The minimum atomic E-state index is -0.484. The first kappa shape index (κ1) is 32.8. The van der Waals surface area contributed by atoms with Crippen LogP contribution in [0.5, 0.6) is 5.75 Å². The molecule has 9 aromatic rings. The van der Waals surface area contributed by atoms with Crippen molar-refractivity contribution in [2.45, 2.75) is 18.3 Å². The summed E-state index contributed by atoms with van der Waals surface area (Å²) in [6, 6.07) is 62.4. The molecule has 2 aromatic heterocycles. The van der Waals surface area contributed by atoms with Gasteiger partial charge in [-0.05, 0) is 82.5 Å². The lowest BCUT2D eigenvalue weighted by atomic mass is 9.63. The van der Waals surface area contributed by atoms with Gasteiger partial charge in [0, 0.05) is 38.6 Å². The van der Waals surface area contributed by atoms with Crippen molar-refractivity contribution in [1.82, 2.24) is 15.0 Å². The zero-order chi connectivity index (χ0) is 38.2. The zero-order valence-electron chi connectivity index (χ0n) is 31.6. The van der Waals surface area contributed by atoms with E-state index in [9.17, 15) is 0 Å². The lowest BCUT2D eigenvalue weighted by Crippen LogP contribution is -2.35. The van der Waals surface area contributed by atoms with Gasteiger partial charge in [0.25, 0.3) is 0 Å². The predicted molar refractivity (Wildman–Crippen MR) is 234 cm³/mol. The minimum Gasteiger partial charge on any atom is -0.457 e. The molecule has 0 radical (unpaired) electrons. The summed E-state index contributed by atoms with van der Waals surface area (Å²) >= 11 is 0. The Balaban J connectivity index is 1.08. The summed E-state index contributed by atoms with van der Waals surface area (Å²) < 4.78 is 6.67. The minimum absolute atomic E-state index is 0.484. The fraction of sp³-hybridized carbons (Fsp3) is 0.0556. The molecule has 0 bridgehead atoms. The van der Waals surface area contributed by atoms with E-state index in [2.05, 4.69) is 152 Å². The zero-order valence-corrected chi connectivity index (χ0v) is 31.6. The Morgan fingerprint density at radius 2 is 1.12 bits per heavy atom. The van der Waals surface area contributed by atoms with Crippen molar-refractivity contribution in [2.75, 3.05) is 0 Å². The maximum Gasteiger partial charge on any atom is 0.160 e. The molecule has 0 fully saturated rings. The maximum atomic E-state index is 6.67. The van der Waals surface area contributed by atoms with Gasteiger partial charge in [-0.3, -0.25) is 0 Å². The van der Waals surface area contributed by atoms with Gasteiger partial charge in [0.05, 0.1) is 28.0 Å². The van der Waals surface area contributed by atoms with E-state index in [1.165, 1.54) is 38.8 Å². The van der Waals surface area contributed by atoms with Gasteiger partial charge in [0.2, 0.25) is 0 Å². The molecule has 0 amide bonds. The van der Waals surface area contributed by atoms with Gasteiger partial charge in [-0.15, -0.1) is 0 Å². The van der Waals surface area contributed by atoms with Crippen molar-refractivity contribution < 1.29 is 4.74 Å². The third kappa shape index (κ3) is 4.85. The molecule has 0 N–H and O–H groups in total. The van der Waals surface area contributed by atoms with Crippen molar-refractivity contribution in [2.24, 2.45) is 0 Å². The number of para-hydroxylation sites is 2. The molecule has 58 heavy (non-hydrogen) atoms. The van der Waals surface area contributed by atoms with Crippen LogP contribution in [0.4, 0.5) is 0 Å². The Bertz CT molecular complexity index is 3130. The second kappa shape index (κ2) is 12.8. The van der Waals surface area contributed by atoms with Gasteiger partial charge in [-0.1, -0.05) is 152 Å². The molecular weight excluding hydrogens is 707 g/mol. The highest BCUT2D eigenvalue weighted by Crippen LogP contribution is 2.62. The largest absolute Gasteiger partial charge is 0.457 e. The van der Waals surface area contributed by atoms with E-state index >= 15 is 0 Å². The van der Waals surface area contributed by atoms with Crippen LogP contribution in [0.15, 0.2) is 199 Å². The first-order valence-corrected chi connectivity index (χ1v) is 20.0. The first-order chi connectivity index (χ1) is 28.7. The molecule has 1 unspecified atom stereocenters. The molecule has 3 aliphatic rings. The van der Waals surface area contributed by atoms with E-state index in [0.717, 1.165) is 80.0 Å². The molecular formula is C54H35N3O. The van der Waals surface area contributed by atoms with Crippen LogP contribution >= 0.6 is 0 Å². The van der Waals surface area contributed by atoms with Crippen molar-refractivity contribution in [3.8, 4) is 62.0 Å². The van der Waals surface area contributed by atoms with Crippen molar-refractivity contribution in [1.29, 1.82) is 0 Å². The Morgan fingerprint density at radius 1 is 0.466 bits per heavy atom. The SMILES string of the molecule is C1=CC2=C(CC1)C1(c3ccccc3O2)c2ccccc2-c2cc3c(cc21)c(-c1ccc(-c2cc(-c4ccccc4)nc(-c4ccccc4)n2)cc1)nc1ccccc13. The highest BCUT2D eigenvalue weighted by molar-refractivity contribution is 6.13. The number of pyridine rings is 1. The number of rotatable bonds is 4. The number of hydrogen-bond acceptors (Lipinski definition) is 4. The van der Waals surface area contributed by atoms with Crippen molar-refractivity contribution >= 4 is 21.7 Å². The number of benzene rings is 7.